The van der Waals surface area contributed by atoms with Crippen LogP contribution in [-0.4, -0.2) is 28.5 Å². The van der Waals surface area contributed by atoms with Gasteiger partial charge in [-0.25, -0.2) is 0 Å². The number of para-hydroxylation sites is 1. The molecule has 0 fully saturated rings. The van der Waals surface area contributed by atoms with Gasteiger partial charge in [0.25, 0.3) is 0 Å². The predicted molar refractivity (Wildman–Crippen MR) is 73.3 cm³/mol. The van der Waals surface area contributed by atoms with Crippen LogP contribution in [0.2, 0.25) is 0 Å². The molecule has 2 N–H and O–H groups in total. The smallest absolute Gasteiger partial charge is 0.162 e. The van der Waals surface area contributed by atoms with Gasteiger partial charge in [-0.3, -0.25) is 4.68 Å². The first kappa shape index (κ1) is 13.4. The first-order valence-electron chi connectivity index (χ1n) is 6.24. The Morgan fingerprint density at radius 1 is 1.42 bits per heavy atom. The molecular formula is C14H19N3O2. The number of nitrogens with zero attached hydrogens (tertiary/aromatic N) is 2. The van der Waals surface area contributed by atoms with Gasteiger partial charge in [-0.2, -0.15) is 5.10 Å². The van der Waals surface area contributed by atoms with Gasteiger partial charge in [0.15, 0.2) is 11.5 Å². The summed E-state index contributed by atoms with van der Waals surface area (Å²) < 4.78 is 6.87. The molecule has 0 radical (unpaired) electrons. The average molecular weight is 261 g/mol. The quantitative estimate of drug-likeness (QED) is 0.773. The van der Waals surface area contributed by atoms with E-state index in [0.29, 0.717) is 12.3 Å². The van der Waals surface area contributed by atoms with Crippen molar-refractivity contribution in [3.8, 4) is 11.5 Å². The summed E-state index contributed by atoms with van der Waals surface area (Å²) in [5, 5.41) is 17.4. The second-order valence-corrected chi connectivity index (χ2v) is 4.42. The molecule has 5 nitrogen and oxygen atoms in total. The number of aromatic nitrogens is 2. The standard InChI is InChI=1S/C14H19N3O2/c1-17-10-11(8-16-17)6-7-15-9-12-4-3-5-13(19-2)14(12)18/h3-5,8,10,15,18H,6-7,9H2,1-2H3. The summed E-state index contributed by atoms with van der Waals surface area (Å²) in [5.41, 5.74) is 2.04. The van der Waals surface area contributed by atoms with Crippen LogP contribution in [0.15, 0.2) is 30.6 Å². The summed E-state index contributed by atoms with van der Waals surface area (Å²) in [4.78, 5) is 0. The molecule has 1 heterocycles. The van der Waals surface area contributed by atoms with E-state index in [2.05, 4.69) is 10.4 Å². The van der Waals surface area contributed by atoms with E-state index in [1.54, 1.807) is 17.9 Å². The van der Waals surface area contributed by atoms with E-state index in [4.69, 9.17) is 4.74 Å². The number of benzene rings is 1. The molecule has 0 aliphatic rings. The van der Waals surface area contributed by atoms with Gasteiger partial charge in [0.1, 0.15) is 0 Å². The van der Waals surface area contributed by atoms with Gasteiger partial charge in [0.2, 0.25) is 0 Å². The molecule has 0 saturated carbocycles. The molecule has 1 aromatic heterocycles. The fraction of sp³-hybridized carbons (Fsp3) is 0.357. The van der Waals surface area contributed by atoms with E-state index in [1.807, 2.05) is 31.6 Å². The van der Waals surface area contributed by atoms with Crippen molar-refractivity contribution in [1.82, 2.24) is 15.1 Å². The Labute approximate surface area is 112 Å². The highest BCUT2D eigenvalue weighted by atomic mass is 16.5. The zero-order valence-corrected chi connectivity index (χ0v) is 11.3. The van der Waals surface area contributed by atoms with Crippen LogP contribution in [0, 0.1) is 0 Å². The molecule has 19 heavy (non-hydrogen) atoms. The SMILES string of the molecule is COc1cccc(CNCCc2cnn(C)c2)c1O. The number of methoxy groups -OCH3 is 1. The molecule has 1 aromatic carbocycles. The summed E-state index contributed by atoms with van der Waals surface area (Å²) in [7, 11) is 3.46. The van der Waals surface area contributed by atoms with E-state index in [-0.39, 0.29) is 5.75 Å². The van der Waals surface area contributed by atoms with Crippen molar-refractivity contribution < 1.29 is 9.84 Å². The van der Waals surface area contributed by atoms with Gasteiger partial charge in [-0.15, -0.1) is 0 Å². The third-order valence-corrected chi connectivity index (χ3v) is 2.97. The Balaban J connectivity index is 1.82. The topological polar surface area (TPSA) is 59.3 Å². The molecule has 0 spiro atoms. The van der Waals surface area contributed by atoms with Gasteiger partial charge in [0, 0.05) is 25.4 Å². The Morgan fingerprint density at radius 3 is 2.95 bits per heavy atom. The molecule has 0 unspecified atom stereocenters. The highest BCUT2D eigenvalue weighted by Crippen LogP contribution is 2.28. The Morgan fingerprint density at radius 2 is 2.26 bits per heavy atom. The first-order chi connectivity index (χ1) is 9.20. The molecule has 0 aliphatic heterocycles. The summed E-state index contributed by atoms with van der Waals surface area (Å²) in [6.07, 6.45) is 4.79. The third kappa shape index (κ3) is 3.48. The number of aryl methyl sites for hydroxylation is 1. The second kappa shape index (κ2) is 6.24. The van der Waals surface area contributed by atoms with E-state index < -0.39 is 0 Å². The maximum Gasteiger partial charge on any atom is 0.162 e. The summed E-state index contributed by atoms with van der Waals surface area (Å²) >= 11 is 0. The van der Waals surface area contributed by atoms with Gasteiger partial charge >= 0.3 is 0 Å². The minimum absolute atomic E-state index is 0.207. The van der Waals surface area contributed by atoms with E-state index in [1.165, 1.54) is 5.56 Å². The van der Waals surface area contributed by atoms with Crippen LogP contribution in [0.1, 0.15) is 11.1 Å². The number of hydrogen-bond acceptors (Lipinski definition) is 4. The molecule has 2 rings (SSSR count). The Hall–Kier alpha value is -2.01. The normalized spacial score (nSPS) is 10.6. The molecule has 0 bridgehead atoms. The largest absolute Gasteiger partial charge is 0.504 e. The maximum absolute atomic E-state index is 9.93. The Bertz CT molecular complexity index is 537. The van der Waals surface area contributed by atoms with Crippen molar-refractivity contribution in [2.45, 2.75) is 13.0 Å². The number of rotatable bonds is 6. The van der Waals surface area contributed by atoms with Crippen LogP contribution in [0.3, 0.4) is 0 Å². The fourth-order valence-corrected chi connectivity index (χ4v) is 1.93. The molecule has 0 atom stereocenters. The lowest BCUT2D eigenvalue weighted by Crippen LogP contribution is -2.16. The fourth-order valence-electron chi connectivity index (χ4n) is 1.93. The van der Waals surface area contributed by atoms with Gasteiger partial charge < -0.3 is 15.2 Å². The molecule has 0 aliphatic carbocycles. The van der Waals surface area contributed by atoms with Crippen LogP contribution in [0.25, 0.3) is 0 Å². The van der Waals surface area contributed by atoms with Crippen LogP contribution in [0.4, 0.5) is 0 Å². The minimum Gasteiger partial charge on any atom is -0.504 e. The van der Waals surface area contributed by atoms with E-state index >= 15 is 0 Å². The van der Waals surface area contributed by atoms with Crippen LogP contribution >= 0.6 is 0 Å². The molecule has 102 valence electrons. The van der Waals surface area contributed by atoms with Crippen molar-refractivity contribution >= 4 is 0 Å². The number of aromatic hydroxyl groups is 1. The minimum atomic E-state index is 0.207. The molecule has 2 aromatic rings. The number of nitrogens with one attached hydrogen (secondary N) is 1. The van der Waals surface area contributed by atoms with Gasteiger partial charge in [0.05, 0.1) is 13.3 Å². The summed E-state index contributed by atoms with van der Waals surface area (Å²) in [6.45, 7) is 1.45. The lowest BCUT2D eigenvalue weighted by molar-refractivity contribution is 0.369. The lowest BCUT2D eigenvalue weighted by atomic mass is 10.2. The first-order valence-corrected chi connectivity index (χ1v) is 6.24. The van der Waals surface area contributed by atoms with E-state index in [0.717, 1.165) is 18.5 Å². The van der Waals surface area contributed by atoms with Gasteiger partial charge in [-0.1, -0.05) is 12.1 Å². The van der Waals surface area contributed by atoms with Crippen molar-refractivity contribution in [3.05, 3.63) is 41.7 Å². The van der Waals surface area contributed by atoms with Crippen molar-refractivity contribution in [2.24, 2.45) is 7.05 Å². The second-order valence-electron chi connectivity index (χ2n) is 4.42. The predicted octanol–water partition coefficient (Wildman–Crippen LogP) is 1.47. The summed E-state index contributed by atoms with van der Waals surface area (Å²) in [6, 6.07) is 5.50. The zero-order valence-electron chi connectivity index (χ0n) is 11.3. The number of ether oxygens (including phenoxy) is 1. The monoisotopic (exact) mass is 261 g/mol. The molecular weight excluding hydrogens is 242 g/mol. The molecule has 0 saturated heterocycles. The zero-order chi connectivity index (χ0) is 13.7. The van der Waals surface area contributed by atoms with Crippen molar-refractivity contribution in [3.63, 3.8) is 0 Å². The number of hydrogen-bond donors (Lipinski definition) is 2. The van der Waals surface area contributed by atoms with Crippen molar-refractivity contribution in [1.29, 1.82) is 0 Å². The van der Waals surface area contributed by atoms with Crippen LogP contribution in [0.5, 0.6) is 11.5 Å². The average Bonchev–Trinajstić information content (AvgIpc) is 2.82. The van der Waals surface area contributed by atoms with Crippen LogP contribution in [-0.2, 0) is 20.0 Å². The molecule has 5 heteroatoms. The van der Waals surface area contributed by atoms with Crippen LogP contribution < -0.4 is 10.1 Å². The van der Waals surface area contributed by atoms with Gasteiger partial charge in [-0.05, 0) is 24.6 Å². The maximum atomic E-state index is 9.93. The van der Waals surface area contributed by atoms with E-state index in [9.17, 15) is 5.11 Å². The highest BCUT2D eigenvalue weighted by molar-refractivity contribution is 5.45. The van der Waals surface area contributed by atoms with Crippen molar-refractivity contribution in [2.75, 3.05) is 13.7 Å². The molecule has 0 amide bonds. The number of phenols is 1. The Kier molecular flexibility index (Phi) is 4.41. The summed E-state index contributed by atoms with van der Waals surface area (Å²) in [5.74, 6) is 0.713. The third-order valence-electron chi connectivity index (χ3n) is 2.97. The highest BCUT2D eigenvalue weighted by Gasteiger charge is 2.06. The lowest BCUT2D eigenvalue weighted by Gasteiger charge is -2.09. The number of phenolic OH excluding ortho intramolecular Hbond substituents is 1.